The van der Waals surface area contributed by atoms with Crippen LogP contribution in [0.25, 0.3) is 0 Å². The molecule has 1 amide bonds. The highest BCUT2D eigenvalue weighted by Gasteiger charge is 2.27. The molecule has 11 nitrogen and oxygen atoms in total. The zero-order valence-corrected chi connectivity index (χ0v) is 11.7. The molecule has 0 fully saturated rings. The van der Waals surface area contributed by atoms with Crippen LogP contribution in [0.2, 0.25) is 0 Å². The quantitative estimate of drug-likeness (QED) is 0.597. The maximum absolute atomic E-state index is 12.3. The van der Waals surface area contributed by atoms with Gasteiger partial charge in [0.05, 0.1) is 4.92 Å². The van der Waals surface area contributed by atoms with E-state index >= 15 is 0 Å². The molecule has 1 aliphatic heterocycles. The lowest BCUT2D eigenvalue weighted by Crippen LogP contribution is -2.32. The van der Waals surface area contributed by atoms with Gasteiger partial charge in [-0.15, -0.1) is 0 Å². The number of rotatable bonds is 4. The second kappa shape index (κ2) is 5.44. The highest BCUT2D eigenvalue weighted by atomic mass is 16.6. The van der Waals surface area contributed by atoms with Gasteiger partial charge in [0.2, 0.25) is 12.2 Å². The van der Waals surface area contributed by atoms with Crippen LogP contribution < -0.4 is 4.90 Å². The number of nitrogens with zero attached hydrogens (tertiary/aromatic N) is 6. The van der Waals surface area contributed by atoms with E-state index in [1.807, 2.05) is 0 Å². The summed E-state index contributed by atoms with van der Waals surface area (Å²) in [6.45, 7) is 0.198. The first-order chi connectivity index (χ1) is 11.0. The summed E-state index contributed by atoms with van der Waals surface area (Å²) in [6, 6.07) is 4.32. The van der Waals surface area contributed by atoms with Crippen LogP contribution in [0.3, 0.4) is 0 Å². The fourth-order valence-electron chi connectivity index (χ4n) is 2.43. The molecule has 0 radical (unpaired) electrons. The number of anilines is 1. The molecule has 1 aliphatic rings. The van der Waals surface area contributed by atoms with E-state index < -0.39 is 15.8 Å². The number of hydrogen-bond acceptors (Lipinski definition) is 7. The van der Waals surface area contributed by atoms with Gasteiger partial charge < -0.3 is 15.0 Å². The van der Waals surface area contributed by atoms with E-state index in [2.05, 4.69) is 10.1 Å². The van der Waals surface area contributed by atoms with Crippen molar-refractivity contribution in [3.63, 3.8) is 0 Å². The highest BCUT2D eigenvalue weighted by Crippen LogP contribution is 2.31. The first kappa shape index (κ1) is 14.6. The molecular weight excluding hydrogens is 308 g/mol. The summed E-state index contributed by atoms with van der Waals surface area (Å²) in [5.41, 5.74) is 1.30. The predicted octanol–water partition coefficient (Wildman–Crippen LogP) is 0.684. The van der Waals surface area contributed by atoms with Gasteiger partial charge in [0.15, 0.2) is 0 Å². The Morgan fingerprint density at radius 2 is 2.04 bits per heavy atom. The largest absolute Gasteiger partial charge is 0.490 e. The van der Waals surface area contributed by atoms with Gasteiger partial charge in [0.25, 0.3) is 5.69 Å². The minimum Gasteiger partial charge on any atom is -0.390 e. The Kier molecular flexibility index (Phi) is 3.44. The normalized spacial score (nSPS) is 13.0. The maximum Gasteiger partial charge on any atom is 0.490 e. The van der Waals surface area contributed by atoms with Crippen molar-refractivity contribution in [1.29, 1.82) is 0 Å². The Labute approximate surface area is 128 Å². The third-order valence-electron chi connectivity index (χ3n) is 3.46. The number of benzene rings is 1. The van der Waals surface area contributed by atoms with Gasteiger partial charge in [-0.3, -0.25) is 14.9 Å². The lowest BCUT2D eigenvalue weighted by molar-refractivity contribution is -0.394. The molecule has 11 heteroatoms. The van der Waals surface area contributed by atoms with E-state index in [4.69, 9.17) is 0 Å². The van der Waals surface area contributed by atoms with Crippen LogP contribution in [0.4, 0.5) is 17.3 Å². The summed E-state index contributed by atoms with van der Waals surface area (Å²) in [5.74, 6) is -0.896. The van der Waals surface area contributed by atoms with Crippen LogP contribution in [0, 0.1) is 20.2 Å². The number of nitro groups is 2. The molecule has 0 saturated carbocycles. The van der Waals surface area contributed by atoms with Crippen LogP contribution in [0.15, 0.2) is 24.5 Å². The fourth-order valence-corrected chi connectivity index (χ4v) is 2.43. The van der Waals surface area contributed by atoms with Crippen LogP contribution in [0.5, 0.6) is 0 Å². The van der Waals surface area contributed by atoms with Crippen molar-refractivity contribution < 1.29 is 14.6 Å². The molecule has 0 aliphatic carbocycles. The molecule has 2 heterocycles. The lowest BCUT2D eigenvalue weighted by Gasteiger charge is -2.16. The van der Waals surface area contributed by atoms with Crippen molar-refractivity contribution in [3.05, 3.63) is 50.3 Å². The average molecular weight is 318 g/mol. The van der Waals surface area contributed by atoms with Crippen molar-refractivity contribution in [3.8, 4) is 0 Å². The molecule has 0 saturated heterocycles. The van der Waals surface area contributed by atoms with Crippen LogP contribution >= 0.6 is 0 Å². The first-order valence-electron chi connectivity index (χ1n) is 6.57. The van der Waals surface area contributed by atoms with E-state index in [1.165, 1.54) is 23.1 Å². The first-order valence-corrected chi connectivity index (χ1v) is 6.57. The third-order valence-corrected chi connectivity index (χ3v) is 3.46. The number of fused-ring (bicyclic) bond motifs is 1. The Hall–Kier alpha value is -3.37. The maximum atomic E-state index is 12.3. The summed E-state index contributed by atoms with van der Waals surface area (Å²) in [5, 5.41) is 24.9. The summed E-state index contributed by atoms with van der Waals surface area (Å²) >= 11 is 0. The molecule has 1 aromatic heterocycles. The van der Waals surface area contributed by atoms with E-state index in [-0.39, 0.29) is 18.1 Å². The summed E-state index contributed by atoms with van der Waals surface area (Å²) in [6.07, 6.45) is 1.63. The number of hydrogen-bond donors (Lipinski definition) is 0. The van der Waals surface area contributed by atoms with E-state index in [1.54, 1.807) is 0 Å². The van der Waals surface area contributed by atoms with Crippen molar-refractivity contribution in [2.75, 3.05) is 11.4 Å². The van der Waals surface area contributed by atoms with Crippen molar-refractivity contribution in [2.45, 2.75) is 13.0 Å². The molecular formula is C12H10N6O5. The van der Waals surface area contributed by atoms with Gasteiger partial charge in [-0.2, -0.15) is 4.68 Å². The molecule has 3 rings (SSSR count). The number of aromatic nitrogens is 3. The number of non-ortho nitro benzene ring substituents is 1. The number of carbonyl (C=O) groups excluding carboxylic acids is 1. The fraction of sp³-hybridized carbons (Fsp3) is 0.250. The average Bonchev–Trinajstić information content (AvgIpc) is 3.12. The Morgan fingerprint density at radius 3 is 2.70 bits per heavy atom. The second-order valence-corrected chi connectivity index (χ2v) is 4.86. The van der Waals surface area contributed by atoms with Crippen molar-refractivity contribution in [1.82, 2.24) is 14.8 Å². The topological polar surface area (TPSA) is 137 Å². The lowest BCUT2D eigenvalue weighted by atomic mass is 10.1. The minimum absolute atomic E-state index is 0.0232. The molecule has 0 unspecified atom stereocenters. The molecule has 1 aromatic carbocycles. The molecule has 2 aromatic rings. The molecule has 118 valence electrons. The molecule has 23 heavy (non-hydrogen) atoms. The standard InChI is InChI=1S/C12H10N6O5/c19-11(6-15-7-13-12(14-15)18(22)23)16-4-3-8-5-9(17(20)21)1-2-10(8)16/h1-2,5,7H,3-4,6H2. The zero-order valence-electron chi connectivity index (χ0n) is 11.7. The van der Waals surface area contributed by atoms with Gasteiger partial charge in [-0.1, -0.05) is 4.98 Å². The third kappa shape index (κ3) is 2.71. The molecule has 0 atom stereocenters. The number of nitro benzene ring substituents is 1. The molecule has 0 bridgehead atoms. The van der Waals surface area contributed by atoms with Crippen LogP contribution in [0.1, 0.15) is 5.56 Å². The van der Waals surface area contributed by atoms with Crippen LogP contribution in [-0.4, -0.2) is 37.1 Å². The van der Waals surface area contributed by atoms with Gasteiger partial charge in [-0.25, -0.2) is 0 Å². The Bertz CT molecular complexity index is 816. The highest BCUT2D eigenvalue weighted by molar-refractivity contribution is 5.95. The molecule has 0 N–H and O–H groups in total. The number of carbonyl (C=O) groups is 1. The van der Waals surface area contributed by atoms with E-state index in [9.17, 15) is 25.0 Å². The monoisotopic (exact) mass is 318 g/mol. The Morgan fingerprint density at radius 1 is 1.26 bits per heavy atom. The van der Waals surface area contributed by atoms with Crippen molar-refractivity contribution in [2.24, 2.45) is 0 Å². The van der Waals surface area contributed by atoms with E-state index in [0.717, 1.165) is 16.6 Å². The Balaban J connectivity index is 1.77. The van der Waals surface area contributed by atoms with Crippen molar-refractivity contribution >= 4 is 23.2 Å². The van der Waals surface area contributed by atoms with Gasteiger partial charge in [-0.05, 0) is 23.0 Å². The van der Waals surface area contributed by atoms with Gasteiger partial charge >= 0.3 is 5.95 Å². The minimum atomic E-state index is -0.745. The van der Waals surface area contributed by atoms with E-state index in [0.29, 0.717) is 18.7 Å². The number of amides is 1. The summed E-state index contributed by atoms with van der Waals surface area (Å²) in [7, 11) is 0. The SMILES string of the molecule is O=C(Cn1cnc([N+](=O)[O-])n1)N1CCc2cc([N+](=O)[O-])ccc21. The predicted molar refractivity (Wildman–Crippen MR) is 75.8 cm³/mol. The smallest absolute Gasteiger partial charge is 0.390 e. The second-order valence-electron chi connectivity index (χ2n) is 4.86. The molecule has 0 spiro atoms. The van der Waals surface area contributed by atoms with Crippen LogP contribution in [-0.2, 0) is 17.8 Å². The summed E-state index contributed by atoms with van der Waals surface area (Å²) < 4.78 is 1.09. The zero-order chi connectivity index (χ0) is 16.6. The van der Waals surface area contributed by atoms with Gasteiger partial charge in [0, 0.05) is 29.5 Å². The summed E-state index contributed by atoms with van der Waals surface area (Å²) in [4.78, 5) is 37.3. The van der Waals surface area contributed by atoms with Gasteiger partial charge in [0.1, 0.15) is 6.54 Å².